The molecular weight excluding hydrogens is 333 g/mol. The number of nitrogens with one attached hydrogen (secondary N) is 2. The van der Waals surface area contributed by atoms with E-state index in [1.54, 1.807) is 19.3 Å². The molecule has 1 aromatic carbocycles. The van der Waals surface area contributed by atoms with Crippen LogP contribution in [0.5, 0.6) is 0 Å². The number of fused-ring (bicyclic) bond motifs is 1. The highest BCUT2D eigenvalue weighted by Gasteiger charge is 2.25. The van der Waals surface area contributed by atoms with Crippen molar-refractivity contribution in [2.75, 3.05) is 7.05 Å². The van der Waals surface area contributed by atoms with Crippen LogP contribution in [0.15, 0.2) is 39.4 Å². The first kappa shape index (κ1) is 19.7. The molecule has 0 aliphatic rings. The van der Waals surface area contributed by atoms with Gasteiger partial charge in [-0.1, -0.05) is 26.8 Å². The van der Waals surface area contributed by atoms with Gasteiger partial charge in [0.25, 0.3) is 0 Å². The van der Waals surface area contributed by atoms with E-state index in [1.165, 1.54) is 12.1 Å². The van der Waals surface area contributed by atoms with Gasteiger partial charge in [-0.05, 0) is 37.5 Å². The van der Waals surface area contributed by atoms with Crippen molar-refractivity contribution in [2.24, 2.45) is 10.9 Å². The van der Waals surface area contributed by atoms with Crippen molar-refractivity contribution < 1.29 is 13.6 Å². The van der Waals surface area contributed by atoms with E-state index in [-0.39, 0.29) is 23.8 Å². The van der Waals surface area contributed by atoms with Crippen LogP contribution in [-0.4, -0.2) is 19.3 Å². The van der Waals surface area contributed by atoms with Gasteiger partial charge >= 0.3 is 6.03 Å². The molecule has 0 saturated carbocycles. The zero-order valence-electron chi connectivity index (χ0n) is 15.9. The summed E-state index contributed by atoms with van der Waals surface area (Å²) in [6, 6.07) is 3.75. The van der Waals surface area contributed by atoms with Gasteiger partial charge in [0.05, 0.1) is 11.7 Å². The summed E-state index contributed by atoms with van der Waals surface area (Å²) in [5, 5.41) is 6.47. The van der Waals surface area contributed by atoms with Gasteiger partial charge < -0.3 is 15.1 Å². The standard InChI is InChI=1S/C20H26FN3O2/c1-6-7-15(11-22-5)23-20(25)24-18(12(2)3)19-13(4)16-10-14(21)8-9-17(16)26-19/h7-12,18H,6H2,1-5H3,(H2,23,24,25)/b15-7+,22-11?. The van der Waals surface area contributed by atoms with Crippen LogP contribution in [0.25, 0.3) is 11.0 Å². The summed E-state index contributed by atoms with van der Waals surface area (Å²) in [6.45, 7) is 7.85. The molecule has 5 nitrogen and oxygen atoms in total. The number of aryl methyl sites for hydroxylation is 1. The molecule has 1 atom stereocenters. The Morgan fingerprint density at radius 3 is 2.73 bits per heavy atom. The van der Waals surface area contributed by atoms with Gasteiger partial charge in [0.2, 0.25) is 0 Å². The number of urea groups is 1. The molecule has 0 fully saturated rings. The van der Waals surface area contributed by atoms with E-state index < -0.39 is 0 Å². The van der Waals surface area contributed by atoms with Crippen LogP contribution in [0.4, 0.5) is 9.18 Å². The monoisotopic (exact) mass is 359 g/mol. The molecule has 26 heavy (non-hydrogen) atoms. The number of carbonyl (C=O) groups excluding carboxylic acids is 1. The molecule has 1 unspecified atom stereocenters. The maximum Gasteiger partial charge on any atom is 0.319 e. The molecule has 0 bridgehead atoms. The average Bonchev–Trinajstić information content (AvgIpc) is 2.89. The Hall–Kier alpha value is -2.63. The van der Waals surface area contributed by atoms with Gasteiger partial charge in [-0.25, -0.2) is 9.18 Å². The number of aliphatic imine (C=N–C) groups is 1. The minimum absolute atomic E-state index is 0.0864. The molecule has 0 radical (unpaired) electrons. The number of furan rings is 1. The average molecular weight is 359 g/mol. The first-order chi connectivity index (χ1) is 12.4. The number of amides is 2. The van der Waals surface area contributed by atoms with E-state index in [1.807, 2.05) is 33.8 Å². The third kappa shape index (κ3) is 4.50. The highest BCUT2D eigenvalue weighted by atomic mass is 19.1. The maximum atomic E-state index is 13.5. The van der Waals surface area contributed by atoms with E-state index in [0.717, 1.165) is 17.4 Å². The van der Waals surface area contributed by atoms with Crippen LogP contribution < -0.4 is 10.6 Å². The Morgan fingerprint density at radius 1 is 1.38 bits per heavy atom. The van der Waals surface area contributed by atoms with Crippen molar-refractivity contribution in [3.05, 3.63) is 47.1 Å². The molecule has 6 heteroatoms. The summed E-state index contributed by atoms with van der Waals surface area (Å²) in [7, 11) is 1.65. The summed E-state index contributed by atoms with van der Waals surface area (Å²) in [5.41, 5.74) is 2.08. The Labute approximate surface area is 153 Å². The molecule has 1 aromatic heterocycles. The third-order valence-corrected chi connectivity index (χ3v) is 4.12. The minimum atomic E-state index is -0.341. The van der Waals surface area contributed by atoms with Crippen molar-refractivity contribution in [3.8, 4) is 0 Å². The maximum absolute atomic E-state index is 13.5. The summed E-state index contributed by atoms with van der Waals surface area (Å²) in [6.07, 6.45) is 4.26. The fraction of sp³-hybridized carbons (Fsp3) is 0.400. The second kappa shape index (κ2) is 8.65. The van der Waals surface area contributed by atoms with E-state index >= 15 is 0 Å². The molecule has 0 aliphatic heterocycles. The smallest absolute Gasteiger partial charge is 0.319 e. The SMILES string of the molecule is CC/C=C(\C=NC)NC(=O)NC(c1oc2ccc(F)cc2c1C)C(C)C. The number of hydrogen-bond donors (Lipinski definition) is 2. The minimum Gasteiger partial charge on any atom is -0.459 e. The molecule has 2 aromatic rings. The van der Waals surface area contributed by atoms with Crippen LogP contribution in [-0.2, 0) is 0 Å². The highest BCUT2D eigenvalue weighted by Crippen LogP contribution is 2.33. The van der Waals surface area contributed by atoms with Crippen molar-refractivity contribution in [1.82, 2.24) is 10.6 Å². The molecule has 0 saturated heterocycles. The van der Waals surface area contributed by atoms with Gasteiger partial charge in [-0.3, -0.25) is 4.99 Å². The lowest BCUT2D eigenvalue weighted by molar-refractivity contribution is 0.232. The van der Waals surface area contributed by atoms with Crippen LogP contribution >= 0.6 is 0 Å². The topological polar surface area (TPSA) is 66.6 Å². The van der Waals surface area contributed by atoms with E-state index in [4.69, 9.17) is 4.42 Å². The zero-order valence-corrected chi connectivity index (χ0v) is 15.9. The molecule has 0 aliphatic carbocycles. The molecule has 2 rings (SSSR count). The van der Waals surface area contributed by atoms with E-state index in [0.29, 0.717) is 17.0 Å². The van der Waals surface area contributed by atoms with Gasteiger partial charge in [0.1, 0.15) is 17.2 Å². The number of hydrogen-bond acceptors (Lipinski definition) is 3. The Balaban J connectivity index is 2.28. The van der Waals surface area contributed by atoms with E-state index in [9.17, 15) is 9.18 Å². The normalized spacial score (nSPS) is 13.6. The number of halogens is 1. The number of nitrogens with zero attached hydrogens (tertiary/aromatic N) is 1. The first-order valence-corrected chi connectivity index (χ1v) is 8.75. The highest BCUT2D eigenvalue weighted by molar-refractivity contribution is 5.87. The first-order valence-electron chi connectivity index (χ1n) is 8.75. The largest absolute Gasteiger partial charge is 0.459 e. The lowest BCUT2D eigenvalue weighted by Crippen LogP contribution is -2.39. The Kier molecular flexibility index (Phi) is 6.55. The predicted octanol–water partition coefficient (Wildman–Crippen LogP) is 4.87. The molecule has 2 amide bonds. The van der Waals surface area contributed by atoms with Crippen LogP contribution in [0.3, 0.4) is 0 Å². The lowest BCUT2D eigenvalue weighted by atomic mass is 9.98. The summed E-state index contributed by atoms with van der Waals surface area (Å²) in [4.78, 5) is 16.4. The molecule has 0 spiro atoms. The summed E-state index contributed by atoms with van der Waals surface area (Å²) >= 11 is 0. The third-order valence-electron chi connectivity index (χ3n) is 4.12. The van der Waals surface area contributed by atoms with Crippen LogP contribution in [0.2, 0.25) is 0 Å². The summed E-state index contributed by atoms with van der Waals surface area (Å²) < 4.78 is 19.5. The van der Waals surface area contributed by atoms with Gasteiger partial charge in [0, 0.05) is 24.2 Å². The fourth-order valence-electron chi connectivity index (χ4n) is 2.85. The van der Waals surface area contributed by atoms with Crippen molar-refractivity contribution in [3.63, 3.8) is 0 Å². The number of benzene rings is 1. The number of allylic oxidation sites excluding steroid dienone is 2. The fourth-order valence-corrected chi connectivity index (χ4v) is 2.85. The quantitative estimate of drug-likeness (QED) is 0.723. The van der Waals surface area contributed by atoms with Crippen molar-refractivity contribution in [1.29, 1.82) is 0 Å². The zero-order chi connectivity index (χ0) is 19.3. The molecule has 140 valence electrons. The number of rotatable bonds is 6. The van der Waals surface area contributed by atoms with Gasteiger partial charge in [-0.15, -0.1) is 0 Å². The van der Waals surface area contributed by atoms with E-state index in [2.05, 4.69) is 15.6 Å². The summed E-state index contributed by atoms with van der Waals surface area (Å²) in [5.74, 6) is 0.414. The molecular formula is C20H26FN3O2. The molecule has 1 heterocycles. The molecule has 2 N–H and O–H groups in total. The van der Waals surface area contributed by atoms with Crippen molar-refractivity contribution in [2.45, 2.75) is 40.2 Å². The second-order valence-electron chi connectivity index (χ2n) is 6.51. The Bertz CT molecular complexity index is 837. The Morgan fingerprint density at radius 2 is 2.12 bits per heavy atom. The van der Waals surface area contributed by atoms with Crippen molar-refractivity contribution >= 4 is 23.2 Å². The van der Waals surface area contributed by atoms with Crippen LogP contribution in [0, 0.1) is 18.7 Å². The lowest BCUT2D eigenvalue weighted by Gasteiger charge is -2.21. The van der Waals surface area contributed by atoms with Gasteiger partial charge in [0.15, 0.2) is 0 Å². The predicted molar refractivity (Wildman–Crippen MR) is 103 cm³/mol. The number of carbonyl (C=O) groups is 1. The second-order valence-corrected chi connectivity index (χ2v) is 6.51. The van der Waals surface area contributed by atoms with Gasteiger partial charge in [-0.2, -0.15) is 0 Å². The van der Waals surface area contributed by atoms with Crippen LogP contribution in [0.1, 0.15) is 44.6 Å².